The van der Waals surface area contributed by atoms with Crippen molar-refractivity contribution in [2.24, 2.45) is 11.8 Å². The van der Waals surface area contributed by atoms with Crippen LogP contribution in [-0.4, -0.2) is 31.0 Å². The van der Waals surface area contributed by atoms with E-state index in [4.69, 9.17) is 10.5 Å². The Bertz CT molecular complexity index is 446. The number of carbonyl (C=O) groups excluding carboxylic acids is 1. The molecule has 112 valence electrons. The number of methoxy groups -OCH3 is 1. The van der Waals surface area contributed by atoms with Gasteiger partial charge in [-0.05, 0) is 24.0 Å². The number of nitrogens with zero attached hydrogens (tertiary/aromatic N) is 1. The molecule has 1 amide bonds. The Balaban J connectivity index is 3.01. The second kappa shape index (κ2) is 7.17. The molecular weight excluding hydrogens is 252 g/mol. The fourth-order valence-corrected chi connectivity index (χ4v) is 2.17. The Morgan fingerprint density at radius 3 is 2.15 bits per heavy atom. The van der Waals surface area contributed by atoms with Crippen molar-refractivity contribution >= 4 is 11.6 Å². The number of anilines is 1. The third kappa shape index (κ3) is 4.76. The van der Waals surface area contributed by atoms with Crippen molar-refractivity contribution in [1.82, 2.24) is 4.90 Å². The average molecular weight is 278 g/mol. The van der Waals surface area contributed by atoms with Crippen LogP contribution >= 0.6 is 0 Å². The molecule has 0 fully saturated rings. The fourth-order valence-electron chi connectivity index (χ4n) is 2.17. The summed E-state index contributed by atoms with van der Waals surface area (Å²) in [5.74, 6) is 1.49. The van der Waals surface area contributed by atoms with Crippen molar-refractivity contribution in [2.75, 3.05) is 25.9 Å². The highest BCUT2D eigenvalue weighted by Gasteiger charge is 2.19. The van der Waals surface area contributed by atoms with Crippen LogP contribution in [0.3, 0.4) is 0 Å². The highest BCUT2D eigenvalue weighted by Crippen LogP contribution is 2.20. The first-order chi connectivity index (χ1) is 9.33. The van der Waals surface area contributed by atoms with Crippen molar-refractivity contribution in [3.63, 3.8) is 0 Å². The molecule has 0 aliphatic carbocycles. The Morgan fingerprint density at radius 1 is 1.15 bits per heavy atom. The minimum Gasteiger partial charge on any atom is -0.497 e. The van der Waals surface area contributed by atoms with E-state index < -0.39 is 0 Å². The molecule has 1 aromatic rings. The molecule has 20 heavy (non-hydrogen) atoms. The van der Waals surface area contributed by atoms with E-state index in [1.54, 1.807) is 25.3 Å². The second-order valence-electron chi connectivity index (χ2n) is 5.99. The van der Waals surface area contributed by atoms with Crippen LogP contribution in [0.2, 0.25) is 0 Å². The summed E-state index contributed by atoms with van der Waals surface area (Å²) in [7, 11) is 1.57. The van der Waals surface area contributed by atoms with Gasteiger partial charge < -0.3 is 15.4 Å². The molecule has 0 atom stereocenters. The molecule has 0 bridgehead atoms. The fraction of sp³-hybridized carbons (Fsp3) is 0.562. The van der Waals surface area contributed by atoms with Gasteiger partial charge in [-0.2, -0.15) is 0 Å². The lowest BCUT2D eigenvalue weighted by Gasteiger charge is -2.26. The van der Waals surface area contributed by atoms with Gasteiger partial charge in [0.1, 0.15) is 5.75 Å². The summed E-state index contributed by atoms with van der Waals surface area (Å²) in [6, 6.07) is 5.16. The topological polar surface area (TPSA) is 55.6 Å². The van der Waals surface area contributed by atoms with Crippen LogP contribution in [0.15, 0.2) is 18.2 Å². The second-order valence-corrected chi connectivity index (χ2v) is 5.99. The maximum atomic E-state index is 12.7. The summed E-state index contributed by atoms with van der Waals surface area (Å²) >= 11 is 0. The summed E-state index contributed by atoms with van der Waals surface area (Å²) < 4.78 is 5.18. The van der Waals surface area contributed by atoms with Gasteiger partial charge in [-0.1, -0.05) is 27.7 Å². The molecule has 0 aliphatic rings. The minimum atomic E-state index is 0.0120. The van der Waals surface area contributed by atoms with Crippen LogP contribution in [0.1, 0.15) is 38.1 Å². The zero-order valence-electron chi connectivity index (χ0n) is 13.1. The van der Waals surface area contributed by atoms with Gasteiger partial charge >= 0.3 is 0 Å². The number of rotatable bonds is 6. The number of benzene rings is 1. The Kier molecular flexibility index (Phi) is 5.86. The van der Waals surface area contributed by atoms with Gasteiger partial charge in [-0.15, -0.1) is 0 Å². The highest BCUT2D eigenvalue weighted by atomic mass is 16.5. The Morgan fingerprint density at radius 2 is 1.70 bits per heavy atom. The van der Waals surface area contributed by atoms with Crippen molar-refractivity contribution in [3.05, 3.63) is 23.8 Å². The SMILES string of the molecule is COc1cc(N)cc(C(=O)N(CC(C)C)CC(C)C)c1. The zero-order valence-corrected chi connectivity index (χ0v) is 13.1. The molecule has 0 radical (unpaired) electrons. The summed E-state index contributed by atoms with van der Waals surface area (Å²) in [4.78, 5) is 14.5. The molecule has 1 rings (SSSR count). The summed E-state index contributed by atoms with van der Waals surface area (Å²) in [6.45, 7) is 9.93. The van der Waals surface area contributed by atoms with Gasteiger partial charge in [0.25, 0.3) is 5.91 Å². The first-order valence-electron chi connectivity index (χ1n) is 7.07. The molecule has 4 heteroatoms. The third-order valence-electron chi connectivity index (χ3n) is 2.87. The molecule has 0 aliphatic heterocycles. The lowest BCUT2D eigenvalue weighted by atomic mass is 10.1. The number of amides is 1. The number of nitrogen functional groups attached to an aromatic ring is 1. The minimum absolute atomic E-state index is 0.0120. The van der Waals surface area contributed by atoms with E-state index in [-0.39, 0.29) is 5.91 Å². The van der Waals surface area contributed by atoms with Crippen LogP contribution in [0, 0.1) is 11.8 Å². The summed E-state index contributed by atoms with van der Waals surface area (Å²) in [5.41, 5.74) is 6.95. The largest absolute Gasteiger partial charge is 0.497 e. The van der Waals surface area contributed by atoms with Crippen molar-refractivity contribution < 1.29 is 9.53 Å². The van der Waals surface area contributed by atoms with Crippen LogP contribution in [-0.2, 0) is 0 Å². The molecular formula is C16H26N2O2. The number of nitrogens with two attached hydrogens (primary N) is 1. The molecule has 1 aromatic carbocycles. The molecule has 0 unspecified atom stereocenters. The van der Waals surface area contributed by atoms with E-state index in [1.807, 2.05) is 4.90 Å². The smallest absolute Gasteiger partial charge is 0.254 e. The molecule has 4 nitrogen and oxygen atoms in total. The van der Waals surface area contributed by atoms with E-state index in [0.29, 0.717) is 28.8 Å². The van der Waals surface area contributed by atoms with Crippen molar-refractivity contribution in [2.45, 2.75) is 27.7 Å². The molecule has 0 aromatic heterocycles. The van der Waals surface area contributed by atoms with Crippen LogP contribution < -0.4 is 10.5 Å². The lowest BCUT2D eigenvalue weighted by molar-refractivity contribution is 0.0715. The van der Waals surface area contributed by atoms with Gasteiger partial charge in [0.2, 0.25) is 0 Å². The predicted molar refractivity (Wildman–Crippen MR) is 83.0 cm³/mol. The van der Waals surface area contributed by atoms with E-state index in [2.05, 4.69) is 27.7 Å². The van der Waals surface area contributed by atoms with Gasteiger partial charge in [0.15, 0.2) is 0 Å². The molecule has 0 saturated heterocycles. The van der Waals surface area contributed by atoms with Crippen molar-refractivity contribution in [3.8, 4) is 5.75 Å². The zero-order chi connectivity index (χ0) is 15.3. The van der Waals surface area contributed by atoms with Crippen LogP contribution in [0.4, 0.5) is 5.69 Å². The standard InChI is InChI=1S/C16H26N2O2/c1-11(2)9-18(10-12(3)4)16(19)13-6-14(17)8-15(7-13)20-5/h6-8,11-12H,9-10,17H2,1-5H3. The number of carbonyl (C=O) groups is 1. The van der Waals surface area contributed by atoms with E-state index in [9.17, 15) is 4.79 Å². The van der Waals surface area contributed by atoms with Gasteiger partial charge in [0.05, 0.1) is 7.11 Å². The third-order valence-corrected chi connectivity index (χ3v) is 2.87. The highest BCUT2D eigenvalue weighted by molar-refractivity contribution is 5.95. The van der Waals surface area contributed by atoms with Gasteiger partial charge in [0, 0.05) is 30.4 Å². The number of ether oxygens (including phenoxy) is 1. The summed E-state index contributed by atoms with van der Waals surface area (Å²) in [6.07, 6.45) is 0. The average Bonchev–Trinajstić information content (AvgIpc) is 2.35. The first-order valence-corrected chi connectivity index (χ1v) is 7.07. The maximum Gasteiger partial charge on any atom is 0.254 e. The number of hydrogen-bond donors (Lipinski definition) is 1. The lowest BCUT2D eigenvalue weighted by Crippen LogP contribution is -2.37. The molecule has 2 N–H and O–H groups in total. The first kappa shape index (κ1) is 16.3. The quantitative estimate of drug-likeness (QED) is 0.814. The Hall–Kier alpha value is -1.71. The van der Waals surface area contributed by atoms with Crippen LogP contribution in [0.5, 0.6) is 5.75 Å². The number of hydrogen-bond acceptors (Lipinski definition) is 3. The van der Waals surface area contributed by atoms with E-state index in [1.165, 1.54) is 0 Å². The van der Waals surface area contributed by atoms with Crippen molar-refractivity contribution in [1.29, 1.82) is 0 Å². The predicted octanol–water partition coefficient (Wildman–Crippen LogP) is 3.03. The summed E-state index contributed by atoms with van der Waals surface area (Å²) in [5, 5.41) is 0. The molecule has 0 heterocycles. The van der Waals surface area contributed by atoms with E-state index in [0.717, 1.165) is 13.1 Å². The van der Waals surface area contributed by atoms with Crippen LogP contribution in [0.25, 0.3) is 0 Å². The van der Waals surface area contributed by atoms with E-state index >= 15 is 0 Å². The maximum absolute atomic E-state index is 12.7. The Labute approximate surface area is 121 Å². The molecule has 0 spiro atoms. The normalized spacial score (nSPS) is 10.9. The molecule has 0 saturated carbocycles. The van der Waals surface area contributed by atoms with Gasteiger partial charge in [-0.3, -0.25) is 4.79 Å². The van der Waals surface area contributed by atoms with Gasteiger partial charge in [-0.25, -0.2) is 0 Å². The monoisotopic (exact) mass is 278 g/mol.